The number of β-lactam (4-membered cyclic amide) rings is 1. The third-order valence-electron chi connectivity index (χ3n) is 7.87. The summed E-state index contributed by atoms with van der Waals surface area (Å²) >= 11 is 2.19. The fourth-order valence-electron chi connectivity index (χ4n) is 5.21. The summed E-state index contributed by atoms with van der Waals surface area (Å²) < 4.78 is 53.5. The van der Waals surface area contributed by atoms with Gasteiger partial charge >= 0.3 is 28.6 Å². The second kappa shape index (κ2) is 16.5. The highest BCUT2D eigenvalue weighted by Crippen LogP contribution is 2.33. The highest BCUT2D eigenvalue weighted by atomic mass is 32.3. The Morgan fingerprint density at radius 1 is 1.05 bits per heavy atom. The molecule has 0 saturated carbocycles. The van der Waals surface area contributed by atoms with Crippen LogP contribution in [0.15, 0.2) is 28.7 Å². The largest absolute Gasteiger partial charge is 0.489 e. The number of fused-ring (bicyclic) bond motifs is 1. The van der Waals surface area contributed by atoms with Crippen LogP contribution in [-0.4, -0.2) is 128 Å². The molecular formula is C33H42N8O14S3. The zero-order valence-electron chi connectivity index (χ0n) is 32.4. The van der Waals surface area contributed by atoms with Crippen molar-refractivity contribution in [2.24, 2.45) is 5.16 Å². The van der Waals surface area contributed by atoms with Crippen molar-refractivity contribution >= 4 is 89.2 Å². The van der Waals surface area contributed by atoms with Gasteiger partial charge in [-0.1, -0.05) is 16.5 Å². The van der Waals surface area contributed by atoms with Crippen molar-refractivity contribution in [2.45, 2.75) is 90.3 Å². The van der Waals surface area contributed by atoms with Crippen LogP contribution in [0.1, 0.15) is 61.1 Å². The van der Waals surface area contributed by atoms with E-state index in [9.17, 15) is 32.4 Å². The number of hydrogen-bond acceptors (Lipinski definition) is 18. The number of carbonyl (C=O) groups is 5. The van der Waals surface area contributed by atoms with Gasteiger partial charge in [-0.15, -0.1) is 15.6 Å². The summed E-state index contributed by atoms with van der Waals surface area (Å²) in [7, 11) is -5.08. The SMILES string of the molecule is CC(C)(C)OC(=O)Nc1nc(/C(=N/O[C@@H](COc2ccc3nc(NC4CN(C(=O)O)C4)sc3c2)C(=O)OC(C)(C)C)C(=O)N[C@@H]2C(=O)N(OS(=O)(=O)O)C2(C)C)cs1. The van der Waals surface area contributed by atoms with Gasteiger partial charge in [-0.25, -0.2) is 24.4 Å². The molecule has 2 saturated heterocycles. The number of thiazole rings is 2. The van der Waals surface area contributed by atoms with Crippen molar-refractivity contribution in [3.05, 3.63) is 29.3 Å². The van der Waals surface area contributed by atoms with E-state index in [1.54, 1.807) is 59.7 Å². The number of rotatable bonds is 14. The minimum atomic E-state index is -5.08. The minimum absolute atomic E-state index is 0.0173. The van der Waals surface area contributed by atoms with Crippen LogP contribution < -0.4 is 20.7 Å². The van der Waals surface area contributed by atoms with Crippen LogP contribution in [0.3, 0.4) is 0 Å². The molecule has 0 aliphatic carbocycles. The number of hydrogen-bond donors (Lipinski definition) is 5. The normalized spacial score (nSPS) is 17.8. The number of hydroxylamine groups is 2. The van der Waals surface area contributed by atoms with Crippen LogP contribution in [0.5, 0.6) is 5.75 Å². The van der Waals surface area contributed by atoms with Gasteiger partial charge in [0.1, 0.15) is 35.3 Å². The fourth-order valence-corrected chi connectivity index (χ4v) is 7.32. The second-order valence-corrected chi connectivity index (χ2v) is 18.3. The summed E-state index contributed by atoms with van der Waals surface area (Å²) in [5.41, 5.74) is -3.44. The van der Waals surface area contributed by atoms with E-state index in [4.69, 9.17) is 28.7 Å². The van der Waals surface area contributed by atoms with Gasteiger partial charge < -0.3 is 39.7 Å². The van der Waals surface area contributed by atoms with E-state index >= 15 is 0 Å². The number of likely N-dealkylation sites (tertiary alicyclic amines) is 1. The molecule has 22 nitrogen and oxygen atoms in total. The highest BCUT2D eigenvalue weighted by Gasteiger charge is 2.58. The Bertz CT molecular complexity index is 2220. The first-order valence-electron chi connectivity index (χ1n) is 17.3. The summed E-state index contributed by atoms with van der Waals surface area (Å²) in [6.45, 7) is 12.7. The quantitative estimate of drug-likeness (QED) is 0.0511. The van der Waals surface area contributed by atoms with Gasteiger partial charge in [0.25, 0.3) is 17.9 Å². The van der Waals surface area contributed by atoms with E-state index in [-0.39, 0.29) is 16.9 Å². The smallest absolute Gasteiger partial charge is 0.418 e. The number of nitrogens with one attached hydrogen (secondary N) is 3. The number of amides is 4. The lowest BCUT2D eigenvalue weighted by Gasteiger charge is -2.50. The van der Waals surface area contributed by atoms with Gasteiger partial charge in [0.05, 0.1) is 21.8 Å². The fraction of sp³-hybridized carbons (Fsp3) is 0.515. The predicted octanol–water partition coefficient (Wildman–Crippen LogP) is 3.22. The van der Waals surface area contributed by atoms with Crippen molar-refractivity contribution in [3.63, 3.8) is 0 Å². The number of oxime groups is 1. The summed E-state index contributed by atoms with van der Waals surface area (Å²) in [5, 5.41) is 23.4. The predicted molar refractivity (Wildman–Crippen MR) is 207 cm³/mol. The first kappa shape index (κ1) is 43.7. The van der Waals surface area contributed by atoms with E-state index in [1.165, 1.54) is 35.5 Å². The summed E-state index contributed by atoms with van der Waals surface area (Å²) in [6.07, 6.45) is -3.43. The Kier molecular flexibility index (Phi) is 12.4. The molecule has 58 heavy (non-hydrogen) atoms. The van der Waals surface area contributed by atoms with Crippen molar-refractivity contribution in [3.8, 4) is 5.75 Å². The van der Waals surface area contributed by atoms with Crippen LogP contribution in [0.2, 0.25) is 0 Å². The number of aromatic nitrogens is 2. The minimum Gasteiger partial charge on any atom is -0.489 e. The average molecular weight is 871 g/mol. The van der Waals surface area contributed by atoms with E-state index in [2.05, 4.69) is 35.4 Å². The Morgan fingerprint density at radius 2 is 1.72 bits per heavy atom. The van der Waals surface area contributed by atoms with Gasteiger partial charge in [-0.3, -0.25) is 19.5 Å². The number of anilines is 2. The number of carboxylic acid groups (broad SMARTS) is 1. The second-order valence-electron chi connectivity index (χ2n) is 15.4. The molecule has 0 spiro atoms. The first-order valence-corrected chi connectivity index (χ1v) is 20.4. The molecule has 2 aliphatic heterocycles. The molecule has 3 aromatic rings. The Labute approximate surface area is 339 Å². The standard InChI is InChI=1S/C33H42N8O14S3/c1-31(2,3)52-26(44)20(14-51-17-9-10-18-21(11-17)57-28(35-18)34-16-12-40(13-16)30(46)47)54-39-22(19-15-56-27(36-19)38-29(45)53-32(4,5)6)24(42)37-23-25(43)41(33(23,7)8)55-58(48,49)50/h9-11,15-16,20,23H,12-14H2,1-8H3,(H,34,35)(H,37,42)(H,46,47)(H,36,38,45)(H,48,49,50)/b39-22-/t20-,23+/m0/s1. The third kappa shape index (κ3) is 11.2. The van der Waals surface area contributed by atoms with Crippen LogP contribution in [-0.2, 0) is 43.4 Å². The van der Waals surface area contributed by atoms with Crippen molar-refractivity contribution in [2.75, 3.05) is 30.3 Å². The maximum atomic E-state index is 13.8. The average Bonchev–Trinajstić information content (AvgIpc) is 3.69. The van der Waals surface area contributed by atoms with Crippen LogP contribution >= 0.6 is 22.7 Å². The molecule has 2 aliphatic rings. The van der Waals surface area contributed by atoms with Crippen LogP contribution in [0.25, 0.3) is 10.2 Å². The molecule has 1 aromatic carbocycles. The van der Waals surface area contributed by atoms with Gasteiger partial charge in [0.2, 0.25) is 0 Å². The third-order valence-corrected chi connectivity index (χ3v) is 9.92. The summed E-state index contributed by atoms with van der Waals surface area (Å²) in [5.74, 6) is -2.72. The van der Waals surface area contributed by atoms with Gasteiger partial charge in [0.15, 0.2) is 16.0 Å². The summed E-state index contributed by atoms with van der Waals surface area (Å²) in [6, 6.07) is 3.49. The zero-order chi connectivity index (χ0) is 43.0. The van der Waals surface area contributed by atoms with Crippen LogP contribution in [0, 0.1) is 0 Å². The molecule has 4 amide bonds. The first-order chi connectivity index (χ1) is 26.8. The van der Waals surface area contributed by atoms with E-state index < -0.39 is 81.6 Å². The molecule has 2 fully saturated rings. The highest BCUT2D eigenvalue weighted by molar-refractivity contribution is 7.80. The lowest BCUT2D eigenvalue weighted by atomic mass is 9.84. The van der Waals surface area contributed by atoms with E-state index in [0.717, 1.165) is 16.0 Å². The number of ether oxygens (including phenoxy) is 3. The number of nitrogens with zero attached hydrogens (tertiary/aromatic N) is 5. The van der Waals surface area contributed by atoms with E-state index in [0.29, 0.717) is 34.6 Å². The lowest BCUT2D eigenvalue weighted by molar-refractivity contribution is -0.218. The van der Waals surface area contributed by atoms with E-state index in [1.807, 2.05) is 0 Å². The van der Waals surface area contributed by atoms with Gasteiger partial charge in [-0.05, 0) is 73.6 Å². The molecule has 0 radical (unpaired) electrons. The Morgan fingerprint density at radius 3 is 2.33 bits per heavy atom. The van der Waals surface area contributed by atoms with Crippen molar-refractivity contribution in [1.82, 2.24) is 25.2 Å². The molecule has 5 N–H and O–H groups in total. The molecule has 2 atom stereocenters. The van der Waals surface area contributed by atoms with Crippen molar-refractivity contribution < 1.29 is 65.4 Å². The molecule has 0 bridgehead atoms. The number of esters is 1. The van der Waals surface area contributed by atoms with Crippen molar-refractivity contribution in [1.29, 1.82) is 0 Å². The number of carbonyl (C=O) groups excluding carboxylic acids is 4. The maximum Gasteiger partial charge on any atom is 0.418 e. The Hall–Kier alpha value is -5.37. The summed E-state index contributed by atoms with van der Waals surface area (Å²) in [4.78, 5) is 79.2. The molecular weight excluding hydrogens is 829 g/mol. The molecule has 4 heterocycles. The lowest BCUT2D eigenvalue weighted by Crippen LogP contribution is -2.76. The molecule has 0 unspecified atom stereocenters. The maximum absolute atomic E-state index is 13.8. The molecule has 5 rings (SSSR count). The molecule has 25 heteroatoms. The molecule has 2 aromatic heterocycles. The molecule has 316 valence electrons. The van der Waals surface area contributed by atoms with Gasteiger partial charge in [0, 0.05) is 18.5 Å². The number of benzene rings is 1. The topological polar surface area (TPSA) is 287 Å². The monoisotopic (exact) mass is 870 g/mol. The zero-order valence-corrected chi connectivity index (χ0v) is 34.9. The van der Waals surface area contributed by atoms with Crippen LogP contribution in [0.4, 0.5) is 19.9 Å². The Balaban J connectivity index is 1.38. The van der Waals surface area contributed by atoms with Gasteiger partial charge in [-0.2, -0.15) is 13.5 Å².